The maximum Gasteiger partial charge on any atom is 0.0785 e. The fourth-order valence-electron chi connectivity index (χ4n) is 10.2. The third-order valence-corrected chi connectivity index (χ3v) is 12.9. The van der Waals surface area contributed by atoms with E-state index in [1.807, 2.05) is 0 Å². The van der Waals surface area contributed by atoms with Crippen molar-refractivity contribution in [1.29, 1.82) is 0 Å². The van der Waals surface area contributed by atoms with Crippen LogP contribution in [0, 0.1) is 13.8 Å². The van der Waals surface area contributed by atoms with Gasteiger partial charge >= 0.3 is 0 Å². The van der Waals surface area contributed by atoms with Gasteiger partial charge in [0.1, 0.15) is 0 Å². The van der Waals surface area contributed by atoms with Gasteiger partial charge in [0.05, 0.1) is 33.8 Å². The topological polar surface area (TPSA) is 13.1 Å². The Labute approximate surface area is 344 Å². The molecule has 3 nitrogen and oxygen atoms in total. The van der Waals surface area contributed by atoms with Gasteiger partial charge in [0, 0.05) is 44.2 Å². The van der Waals surface area contributed by atoms with Gasteiger partial charge in [-0.25, -0.2) is 0 Å². The van der Waals surface area contributed by atoms with Crippen molar-refractivity contribution in [1.82, 2.24) is 9.13 Å². The van der Waals surface area contributed by atoms with Crippen molar-refractivity contribution >= 4 is 60.6 Å². The molecular formula is C56H41N3. The Morgan fingerprint density at radius 2 is 1.00 bits per heavy atom. The predicted octanol–water partition coefficient (Wildman–Crippen LogP) is 14.7. The number of fused-ring (bicyclic) bond motifs is 10. The van der Waals surface area contributed by atoms with Crippen molar-refractivity contribution in [3.8, 4) is 33.6 Å². The van der Waals surface area contributed by atoms with E-state index < -0.39 is 0 Å². The molecule has 8 aromatic carbocycles. The molecule has 0 saturated heterocycles. The average Bonchev–Trinajstić information content (AvgIpc) is 3.94. The Morgan fingerprint density at radius 1 is 0.441 bits per heavy atom. The van der Waals surface area contributed by atoms with Crippen molar-refractivity contribution in [3.05, 3.63) is 211 Å². The number of anilines is 2. The van der Waals surface area contributed by atoms with Gasteiger partial charge in [-0.3, -0.25) is 0 Å². The lowest BCUT2D eigenvalue weighted by molar-refractivity contribution is 0.830. The molecule has 0 amide bonds. The lowest BCUT2D eigenvalue weighted by atomic mass is 9.95. The molecule has 3 heterocycles. The van der Waals surface area contributed by atoms with Gasteiger partial charge in [-0.15, -0.1) is 0 Å². The molecule has 10 aromatic rings. The standard InChI is InChI=1S/C56H41N3/c1-36-14-6-7-17-43(36)44-32-33-48-45-18-8-11-21-51(45)57(54(48)37(44)2)41-28-24-38(25-29-41)39-26-30-42(31-27-39)59-53-23-13-10-20-47(53)50-35-34-49-46-19-9-12-22-52(46)58(55(49)56(50)59)40-15-4-3-5-16-40/h3-22,24-35,53H,23H2,1-2H3. The van der Waals surface area contributed by atoms with Crippen LogP contribution in [0.3, 0.4) is 0 Å². The summed E-state index contributed by atoms with van der Waals surface area (Å²) < 4.78 is 4.93. The second-order valence-electron chi connectivity index (χ2n) is 16.1. The molecular weight excluding hydrogens is 715 g/mol. The maximum atomic E-state index is 2.61. The first-order valence-electron chi connectivity index (χ1n) is 20.7. The van der Waals surface area contributed by atoms with Crippen LogP contribution in [0.2, 0.25) is 0 Å². The van der Waals surface area contributed by atoms with E-state index in [1.54, 1.807) is 0 Å². The van der Waals surface area contributed by atoms with Gasteiger partial charge in [-0.05, 0) is 108 Å². The second kappa shape index (κ2) is 13.1. The third-order valence-electron chi connectivity index (χ3n) is 12.9. The van der Waals surface area contributed by atoms with E-state index >= 15 is 0 Å². The molecule has 0 saturated carbocycles. The monoisotopic (exact) mass is 755 g/mol. The zero-order valence-electron chi connectivity index (χ0n) is 33.1. The molecule has 2 aromatic heterocycles. The van der Waals surface area contributed by atoms with Gasteiger partial charge in [0.2, 0.25) is 0 Å². The highest BCUT2D eigenvalue weighted by Gasteiger charge is 2.38. The predicted molar refractivity (Wildman–Crippen MR) is 250 cm³/mol. The van der Waals surface area contributed by atoms with Gasteiger partial charge in [-0.1, -0.05) is 146 Å². The number of rotatable bonds is 5. The van der Waals surface area contributed by atoms with Crippen LogP contribution >= 0.6 is 0 Å². The van der Waals surface area contributed by atoms with E-state index in [1.165, 1.54) is 105 Å². The van der Waals surface area contributed by atoms with Crippen LogP contribution in [0.1, 0.15) is 23.1 Å². The highest BCUT2D eigenvalue weighted by atomic mass is 15.2. The van der Waals surface area contributed by atoms with Crippen LogP contribution in [0.15, 0.2) is 194 Å². The number of aromatic nitrogens is 2. The molecule has 0 radical (unpaired) electrons. The summed E-state index contributed by atoms with van der Waals surface area (Å²) in [6.07, 6.45) is 7.83. The summed E-state index contributed by atoms with van der Waals surface area (Å²) in [6.45, 7) is 4.48. The van der Waals surface area contributed by atoms with Crippen LogP contribution in [0.4, 0.5) is 11.4 Å². The minimum atomic E-state index is 0.231. The van der Waals surface area contributed by atoms with Gasteiger partial charge in [0.15, 0.2) is 0 Å². The zero-order valence-corrected chi connectivity index (χ0v) is 33.1. The summed E-state index contributed by atoms with van der Waals surface area (Å²) in [5.41, 5.74) is 20.1. The average molecular weight is 756 g/mol. The number of para-hydroxylation sites is 3. The van der Waals surface area contributed by atoms with E-state index in [2.05, 4.69) is 222 Å². The molecule has 3 heteroatoms. The molecule has 1 atom stereocenters. The van der Waals surface area contributed by atoms with Gasteiger partial charge in [-0.2, -0.15) is 0 Å². The van der Waals surface area contributed by atoms with Crippen LogP contribution in [0.25, 0.3) is 82.8 Å². The Kier molecular flexibility index (Phi) is 7.49. The fraction of sp³-hybridized carbons (Fsp3) is 0.0714. The van der Waals surface area contributed by atoms with Crippen molar-refractivity contribution < 1.29 is 0 Å². The Morgan fingerprint density at radius 3 is 1.69 bits per heavy atom. The minimum absolute atomic E-state index is 0.231. The lowest BCUT2D eigenvalue weighted by Gasteiger charge is -2.29. The van der Waals surface area contributed by atoms with E-state index in [4.69, 9.17) is 0 Å². The number of hydrogen-bond donors (Lipinski definition) is 0. The summed E-state index contributed by atoms with van der Waals surface area (Å²) in [5.74, 6) is 0. The summed E-state index contributed by atoms with van der Waals surface area (Å²) in [4.78, 5) is 2.61. The molecule has 12 rings (SSSR count). The number of nitrogens with zero attached hydrogens (tertiary/aromatic N) is 3. The molecule has 0 spiro atoms. The van der Waals surface area contributed by atoms with E-state index in [-0.39, 0.29) is 6.04 Å². The largest absolute Gasteiger partial charge is 0.331 e. The summed E-state index contributed by atoms with van der Waals surface area (Å²) in [7, 11) is 0. The molecule has 59 heavy (non-hydrogen) atoms. The lowest BCUT2D eigenvalue weighted by Crippen LogP contribution is -2.27. The van der Waals surface area contributed by atoms with E-state index in [0.29, 0.717) is 0 Å². The first kappa shape index (κ1) is 33.7. The molecule has 2 aliphatic rings. The smallest absolute Gasteiger partial charge is 0.0785 e. The highest BCUT2D eigenvalue weighted by Crippen LogP contribution is 2.52. The first-order valence-corrected chi connectivity index (χ1v) is 20.7. The summed E-state index contributed by atoms with van der Waals surface area (Å²) in [6, 6.07) is 65.1. The third kappa shape index (κ3) is 5.01. The SMILES string of the molecule is Cc1ccccc1-c1ccc2c3ccccc3n(-c3ccc(-c4ccc(N5c6c(ccc7c8ccccc8n(-c8ccccc8)c67)C6=CC=CCC65)cc4)cc3)c2c1C. The molecule has 1 aliphatic carbocycles. The van der Waals surface area contributed by atoms with Crippen molar-refractivity contribution in [2.75, 3.05) is 4.90 Å². The number of allylic oxidation sites excluding steroid dienone is 2. The molecule has 1 aliphatic heterocycles. The molecule has 0 N–H and O–H groups in total. The molecule has 280 valence electrons. The Balaban J connectivity index is 0.961. The van der Waals surface area contributed by atoms with Crippen LogP contribution in [-0.4, -0.2) is 15.2 Å². The van der Waals surface area contributed by atoms with E-state index in [0.717, 1.165) is 12.1 Å². The minimum Gasteiger partial charge on any atom is -0.331 e. The zero-order chi connectivity index (χ0) is 39.2. The quantitative estimate of drug-likeness (QED) is 0.170. The van der Waals surface area contributed by atoms with Crippen LogP contribution < -0.4 is 4.90 Å². The first-order chi connectivity index (χ1) is 29.1. The van der Waals surface area contributed by atoms with Crippen LogP contribution in [0.5, 0.6) is 0 Å². The van der Waals surface area contributed by atoms with Gasteiger partial charge in [0.25, 0.3) is 0 Å². The molecule has 0 fully saturated rings. The van der Waals surface area contributed by atoms with Crippen molar-refractivity contribution in [2.45, 2.75) is 26.3 Å². The Bertz CT molecular complexity index is 3360. The fourth-order valence-corrected chi connectivity index (χ4v) is 10.2. The van der Waals surface area contributed by atoms with E-state index in [9.17, 15) is 0 Å². The summed E-state index contributed by atoms with van der Waals surface area (Å²) >= 11 is 0. The second-order valence-corrected chi connectivity index (χ2v) is 16.1. The summed E-state index contributed by atoms with van der Waals surface area (Å²) in [5, 5.41) is 5.11. The van der Waals surface area contributed by atoms with Crippen molar-refractivity contribution in [2.24, 2.45) is 0 Å². The number of aryl methyl sites for hydroxylation is 2. The normalized spacial score (nSPS) is 14.7. The van der Waals surface area contributed by atoms with Gasteiger partial charge < -0.3 is 14.0 Å². The molecule has 0 bridgehead atoms. The maximum absolute atomic E-state index is 2.61. The Hall–Kier alpha value is -7.36. The number of benzene rings is 8. The van der Waals surface area contributed by atoms with Crippen molar-refractivity contribution in [3.63, 3.8) is 0 Å². The van der Waals surface area contributed by atoms with Crippen LogP contribution in [-0.2, 0) is 0 Å². The highest BCUT2D eigenvalue weighted by molar-refractivity contribution is 6.17. The number of hydrogen-bond acceptors (Lipinski definition) is 1. The molecule has 1 unspecified atom stereocenters.